The van der Waals surface area contributed by atoms with Gasteiger partial charge in [-0.25, -0.2) is 0 Å². The van der Waals surface area contributed by atoms with E-state index in [4.69, 9.17) is 0 Å². The van der Waals surface area contributed by atoms with Crippen molar-refractivity contribution in [3.05, 3.63) is 21.4 Å². The van der Waals surface area contributed by atoms with E-state index in [1.807, 2.05) is 11.3 Å². The van der Waals surface area contributed by atoms with Gasteiger partial charge in [0.05, 0.1) is 0 Å². The third-order valence-corrected chi connectivity index (χ3v) is 5.49. The maximum Gasteiger partial charge on any atom is 0.0299 e. The molecule has 108 valence electrons. The van der Waals surface area contributed by atoms with Gasteiger partial charge in [-0.1, -0.05) is 13.8 Å². The lowest BCUT2D eigenvalue weighted by Crippen LogP contribution is -2.33. The molecule has 0 radical (unpaired) electrons. The fourth-order valence-corrected chi connectivity index (χ4v) is 4.15. The molecule has 1 aliphatic heterocycles. The van der Waals surface area contributed by atoms with E-state index < -0.39 is 0 Å². The number of hydrogen-bond donors (Lipinski definition) is 1. The fraction of sp³-hybridized carbons (Fsp3) is 0.750. The molecule has 0 spiro atoms. The lowest BCUT2D eigenvalue weighted by molar-refractivity contribution is 0.189. The van der Waals surface area contributed by atoms with Crippen LogP contribution in [0.4, 0.5) is 0 Å². The van der Waals surface area contributed by atoms with Crippen LogP contribution in [0, 0.1) is 6.92 Å². The molecule has 2 rings (SSSR count). The summed E-state index contributed by atoms with van der Waals surface area (Å²) in [5, 5.41) is 3.42. The molecule has 0 aromatic carbocycles. The van der Waals surface area contributed by atoms with Crippen molar-refractivity contribution in [2.45, 2.75) is 72.1 Å². The van der Waals surface area contributed by atoms with Crippen LogP contribution in [0.1, 0.15) is 55.4 Å². The molecule has 1 aromatic rings. The number of likely N-dealkylation sites (tertiary alicyclic amines) is 1. The quantitative estimate of drug-likeness (QED) is 0.849. The van der Waals surface area contributed by atoms with Gasteiger partial charge < -0.3 is 5.32 Å². The van der Waals surface area contributed by atoms with Gasteiger partial charge in [0.15, 0.2) is 0 Å². The molecule has 2 nitrogen and oxygen atoms in total. The summed E-state index contributed by atoms with van der Waals surface area (Å²) in [6.45, 7) is 12.4. The van der Waals surface area contributed by atoms with E-state index in [0.29, 0.717) is 0 Å². The van der Waals surface area contributed by atoms with E-state index in [-0.39, 0.29) is 0 Å². The summed E-state index contributed by atoms with van der Waals surface area (Å²) in [5.41, 5.74) is 1.55. The molecule has 0 saturated carbocycles. The van der Waals surface area contributed by atoms with Crippen LogP contribution in [0.5, 0.6) is 0 Å². The van der Waals surface area contributed by atoms with Crippen LogP contribution < -0.4 is 5.32 Å². The number of aryl methyl sites for hydroxylation is 1. The predicted octanol–water partition coefficient (Wildman–Crippen LogP) is 3.93. The molecular weight excluding hydrogens is 252 g/mol. The van der Waals surface area contributed by atoms with Crippen molar-refractivity contribution in [1.29, 1.82) is 0 Å². The summed E-state index contributed by atoms with van der Waals surface area (Å²) in [6.07, 6.45) is 4.04. The first kappa shape index (κ1) is 15.0. The minimum Gasteiger partial charge on any atom is -0.312 e. The smallest absolute Gasteiger partial charge is 0.0299 e. The van der Waals surface area contributed by atoms with E-state index in [1.165, 1.54) is 29.0 Å². The van der Waals surface area contributed by atoms with Gasteiger partial charge in [-0.05, 0) is 51.3 Å². The Morgan fingerprint density at radius 3 is 2.84 bits per heavy atom. The zero-order valence-electron chi connectivity index (χ0n) is 12.8. The van der Waals surface area contributed by atoms with E-state index in [1.54, 1.807) is 5.56 Å². The molecule has 1 aliphatic rings. The van der Waals surface area contributed by atoms with Gasteiger partial charge in [-0.3, -0.25) is 4.90 Å². The molecule has 1 N–H and O–H groups in total. The van der Waals surface area contributed by atoms with E-state index >= 15 is 0 Å². The normalized spacial score (nSPS) is 24.2. The Balaban J connectivity index is 2.03. The molecule has 1 aromatic heterocycles. The Morgan fingerprint density at radius 1 is 1.37 bits per heavy atom. The second-order valence-corrected chi connectivity index (χ2v) is 7.08. The summed E-state index contributed by atoms with van der Waals surface area (Å²) in [5.74, 6) is 0. The van der Waals surface area contributed by atoms with Gasteiger partial charge >= 0.3 is 0 Å². The summed E-state index contributed by atoms with van der Waals surface area (Å²) < 4.78 is 0. The minimum atomic E-state index is 0.751. The molecule has 2 atom stereocenters. The maximum atomic E-state index is 3.42. The summed E-state index contributed by atoms with van der Waals surface area (Å²) in [7, 11) is 0. The van der Waals surface area contributed by atoms with E-state index in [9.17, 15) is 0 Å². The number of nitrogens with one attached hydrogen (secondary N) is 1. The summed E-state index contributed by atoms with van der Waals surface area (Å²) in [6, 6.07) is 3.97. The Labute approximate surface area is 122 Å². The zero-order chi connectivity index (χ0) is 13.8. The third-order valence-electron chi connectivity index (χ3n) is 4.40. The third kappa shape index (κ3) is 3.59. The number of rotatable bonds is 6. The van der Waals surface area contributed by atoms with Gasteiger partial charge in [0.2, 0.25) is 0 Å². The summed E-state index contributed by atoms with van der Waals surface area (Å²) >= 11 is 1.96. The maximum absolute atomic E-state index is 3.42. The highest BCUT2D eigenvalue weighted by Gasteiger charge is 2.29. The Morgan fingerprint density at radius 2 is 2.16 bits per heavy atom. The summed E-state index contributed by atoms with van der Waals surface area (Å²) in [4.78, 5) is 5.70. The highest BCUT2D eigenvalue weighted by Crippen LogP contribution is 2.30. The average molecular weight is 280 g/mol. The van der Waals surface area contributed by atoms with E-state index in [2.05, 4.69) is 44.0 Å². The van der Waals surface area contributed by atoms with Crippen molar-refractivity contribution in [2.24, 2.45) is 0 Å². The van der Waals surface area contributed by atoms with Crippen molar-refractivity contribution in [3.63, 3.8) is 0 Å². The topological polar surface area (TPSA) is 15.3 Å². The highest BCUT2D eigenvalue weighted by molar-refractivity contribution is 7.12. The van der Waals surface area contributed by atoms with Crippen molar-refractivity contribution in [3.8, 4) is 0 Å². The Hall–Kier alpha value is -0.380. The first-order valence-electron chi connectivity index (χ1n) is 7.70. The molecule has 19 heavy (non-hydrogen) atoms. The van der Waals surface area contributed by atoms with Crippen molar-refractivity contribution >= 4 is 11.3 Å². The predicted molar refractivity (Wildman–Crippen MR) is 84.8 cm³/mol. The molecule has 0 aliphatic carbocycles. The number of nitrogens with zero attached hydrogens (tertiary/aromatic N) is 1. The van der Waals surface area contributed by atoms with Gasteiger partial charge in [-0.2, -0.15) is 0 Å². The second-order valence-electron chi connectivity index (χ2n) is 5.74. The zero-order valence-corrected chi connectivity index (χ0v) is 13.6. The van der Waals surface area contributed by atoms with Crippen LogP contribution in [-0.2, 0) is 13.1 Å². The van der Waals surface area contributed by atoms with Crippen molar-refractivity contribution in [2.75, 3.05) is 6.54 Å². The SMILES string of the molecule is CCNCc1cc(CN2C(C)CCC2CC)c(C)s1. The first-order valence-corrected chi connectivity index (χ1v) is 8.52. The molecular formula is C16H28N2S. The second kappa shape index (κ2) is 6.87. The molecule has 0 bridgehead atoms. The Kier molecular flexibility index (Phi) is 5.43. The highest BCUT2D eigenvalue weighted by atomic mass is 32.1. The molecule has 2 unspecified atom stereocenters. The molecule has 3 heteroatoms. The monoisotopic (exact) mass is 280 g/mol. The first-order chi connectivity index (χ1) is 9.15. The fourth-order valence-electron chi connectivity index (χ4n) is 3.13. The van der Waals surface area contributed by atoms with Gasteiger partial charge in [0.25, 0.3) is 0 Å². The largest absolute Gasteiger partial charge is 0.312 e. The minimum absolute atomic E-state index is 0.751. The van der Waals surface area contributed by atoms with Crippen LogP contribution in [0.2, 0.25) is 0 Å². The van der Waals surface area contributed by atoms with Crippen molar-refractivity contribution < 1.29 is 0 Å². The lowest BCUT2D eigenvalue weighted by Gasteiger charge is -2.27. The standard InChI is InChI=1S/C16H28N2S/c1-5-15-8-7-12(3)18(15)11-14-9-16(10-17-6-2)19-13(14)4/h9,12,15,17H,5-8,10-11H2,1-4H3. The Bertz CT molecular complexity index is 399. The van der Waals surface area contributed by atoms with Gasteiger partial charge in [0.1, 0.15) is 0 Å². The molecule has 2 heterocycles. The van der Waals surface area contributed by atoms with E-state index in [0.717, 1.165) is 31.7 Å². The van der Waals surface area contributed by atoms with Crippen LogP contribution in [0.15, 0.2) is 6.07 Å². The molecule has 1 fully saturated rings. The number of hydrogen-bond acceptors (Lipinski definition) is 3. The number of thiophene rings is 1. The van der Waals surface area contributed by atoms with Crippen LogP contribution >= 0.6 is 11.3 Å². The van der Waals surface area contributed by atoms with Gasteiger partial charge in [-0.15, -0.1) is 11.3 Å². The van der Waals surface area contributed by atoms with Crippen molar-refractivity contribution in [1.82, 2.24) is 10.2 Å². The van der Waals surface area contributed by atoms with Crippen LogP contribution in [0.25, 0.3) is 0 Å². The average Bonchev–Trinajstić information content (AvgIpc) is 2.92. The van der Waals surface area contributed by atoms with Crippen LogP contribution in [-0.4, -0.2) is 23.5 Å². The van der Waals surface area contributed by atoms with Crippen LogP contribution in [0.3, 0.4) is 0 Å². The lowest BCUT2D eigenvalue weighted by atomic mass is 10.1. The van der Waals surface area contributed by atoms with Gasteiger partial charge in [0, 0.05) is 34.9 Å². The molecule has 0 amide bonds. The molecule has 1 saturated heterocycles.